The number of nitrogen functional groups attached to an aromatic ring is 1. The lowest BCUT2D eigenvalue weighted by atomic mass is 10.1. The van der Waals surface area contributed by atoms with Crippen LogP contribution in [-0.4, -0.2) is 15.1 Å². The van der Waals surface area contributed by atoms with Crippen molar-refractivity contribution in [2.45, 2.75) is 18.8 Å². The fourth-order valence-electron chi connectivity index (χ4n) is 2.85. The van der Waals surface area contributed by atoms with Gasteiger partial charge < -0.3 is 10.3 Å². The molecule has 5 nitrogen and oxygen atoms in total. The Morgan fingerprint density at radius 2 is 1.86 bits per heavy atom. The summed E-state index contributed by atoms with van der Waals surface area (Å²) in [6.45, 7) is 0. The molecule has 1 aliphatic rings. The molecule has 3 aromatic rings. The Morgan fingerprint density at radius 3 is 2.57 bits per heavy atom. The van der Waals surface area contributed by atoms with Crippen molar-refractivity contribution in [2.24, 2.45) is 0 Å². The lowest BCUT2D eigenvalue weighted by Crippen LogP contribution is -2.00. The molecule has 5 heteroatoms. The van der Waals surface area contributed by atoms with Crippen molar-refractivity contribution in [1.29, 1.82) is 0 Å². The van der Waals surface area contributed by atoms with Crippen molar-refractivity contribution in [1.82, 2.24) is 15.1 Å². The molecule has 1 aliphatic carbocycles. The maximum absolute atomic E-state index is 5.89. The third kappa shape index (κ3) is 2.07. The lowest BCUT2D eigenvalue weighted by molar-refractivity contribution is 0.416. The predicted octanol–water partition coefficient (Wildman–Crippen LogP) is 2.60. The summed E-state index contributed by atoms with van der Waals surface area (Å²) in [5, 5.41) is 4.14. The summed E-state index contributed by atoms with van der Waals surface area (Å²) in [5.74, 6) is 1.49. The van der Waals surface area contributed by atoms with Crippen molar-refractivity contribution in [3.05, 3.63) is 59.7 Å². The Bertz CT molecular complexity index is 771. The van der Waals surface area contributed by atoms with Gasteiger partial charge in [-0.2, -0.15) is 4.98 Å². The number of anilines is 1. The molecule has 2 heterocycles. The van der Waals surface area contributed by atoms with E-state index >= 15 is 0 Å². The number of nitrogens with zero attached hydrogens (tertiary/aromatic N) is 3. The van der Waals surface area contributed by atoms with E-state index in [1.807, 2.05) is 0 Å². The standard InChI is InChI=1S/C16H14N4O/c17-14-9-18-6-5-13(14)16-19-15(20-21-16)12-7-10-3-1-2-4-11(10)8-12/h1-6,9,12H,7-8,17H2. The molecule has 0 unspecified atom stereocenters. The van der Waals surface area contributed by atoms with Crippen molar-refractivity contribution in [3.63, 3.8) is 0 Å². The predicted molar refractivity (Wildman–Crippen MR) is 78.5 cm³/mol. The Balaban J connectivity index is 1.63. The molecular formula is C16H14N4O. The van der Waals surface area contributed by atoms with Crippen LogP contribution in [0.25, 0.3) is 11.5 Å². The molecule has 0 bridgehead atoms. The molecule has 1 aromatic carbocycles. The number of aromatic nitrogens is 3. The Morgan fingerprint density at radius 1 is 1.10 bits per heavy atom. The summed E-state index contributed by atoms with van der Waals surface area (Å²) in [5.41, 5.74) is 9.92. The van der Waals surface area contributed by atoms with Gasteiger partial charge in [0, 0.05) is 12.1 Å². The van der Waals surface area contributed by atoms with E-state index in [0.29, 0.717) is 11.6 Å². The molecule has 0 fully saturated rings. The summed E-state index contributed by atoms with van der Waals surface area (Å²) < 4.78 is 5.37. The van der Waals surface area contributed by atoms with E-state index in [1.165, 1.54) is 11.1 Å². The van der Waals surface area contributed by atoms with Gasteiger partial charge in [-0.15, -0.1) is 0 Å². The second kappa shape index (κ2) is 4.70. The van der Waals surface area contributed by atoms with Crippen LogP contribution in [0.2, 0.25) is 0 Å². The summed E-state index contributed by atoms with van der Waals surface area (Å²) >= 11 is 0. The topological polar surface area (TPSA) is 77.8 Å². The summed E-state index contributed by atoms with van der Waals surface area (Å²) in [6, 6.07) is 10.3. The van der Waals surface area contributed by atoms with Crippen molar-refractivity contribution in [3.8, 4) is 11.5 Å². The SMILES string of the molecule is Nc1cnccc1-c1nc(C2Cc3ccccc3C2)no1. The quantitative estimate of drug-likeness (QED) is 0.779. The third-order valence-electron chi connectivity index (χ3n) is 3.94. The maximum atomic E-state index is 5.89. The summed E-state index contributed by atoms with van der Waals surface area (Å²) in [7, 11) is 0. The van der Waals surface area contributed by atoms with E-state index in [1.54, 1.807) is 18.5 Å². The van der Waals surface area contributed by atoms with Gasteiger partial charge in [-0.3, -0.25) is 4.98 Å². The van der Waals surface area contributed by atoms with E-state index in [9.17, 15) is 0 Å². The normalized spacial score (nSPS) is 14.3. The minimum Gasteiger partial charge on any atom is -0.397 e. The van der Waals surface area contributed by atoms with Crippen LogP contribution in [0.5, 0.6) is 0 Å². The molecule has 0 saturated heterocycles. The highest BCUT2D eigenvalue weighted by molar-refractivity contribution is 5.68. The number of nitrogens with two attached hydrogens (primary N) is 1. The molecular weight excluding hydrogens is 264 g/mol. The van der Waals surface area contributed by atoms with Gasteiger partial charge in [0.25, 0.3) is 5.89 Å². The third-order valence-corrected chi connectivity index (χ3v) is 3.94. The van der Waals surface area contributed by atoms with Gasteiger partial charge in [0.05, 0.1) is 17.4 Å². The molecule has 0 aliphatic heterocycles. The summed E-state index contributed by atoms with van der Waals surface area (Å²) in [6.07, 6.45) is 5.17. The molecule has 0 spiro atoms. The minimum atomic E-state index is 0.281. The van der Waals surface area contributed by atoms with Gasteiger partial charge in [-0.1, -0.05) is 29.4 Å². The van der Waals surface area contributed by atoms with Gasteiger partial charge in [-0.25, -0.2) is 0 Å². The first-order chi connectivity index (χ1) is 10.3. The number of benzene rings is 1. The summed E-state index contributed by atoms with van der Waals surface area (Å²) in [4.78, 5) is 8.49. The molecule has 104 valence electrons. The van der Waals surface area contributed by atoms with Crippen LogP contribution < -0.4 is 5.73 Å². The Kier molecular flexibility index (Phi) is 2.70. The number of pyridine rings is 1. The average Bonchev–Trinajstić information content (AvgIpc) is 3.14. The Labute approximate surface area is 121 Å². The highest BCUT2D eigenvalue weighted by Gasteiger charge is 2.27. The first-order valence-corrected chi connectivity index (χ1v) is 6.91. The number of rotatable bonds is 2. The van der Waals surface area contributed by atoms with Crippen molar-refractivity contribution >= 4 is 5.69 Å². The van der Waals surface area contributed by atoms with Gasteiger partial charge in [0.15, 0.2) is 5.82 Å². The van der Waals surface area contributed by atoms with Crippen LogP contribution in [0, 0.1) is 0 Å². The number of fused-ring (bicyclic) bond motifs is 1. The molecule has 21 heavy (non-hydrogen) atoms. The van der Waals surface area contributed by atoms with Crippen LogP contribution in [0.3, 0.4) is 0 Å². The second-order valence-corrected chi connectivity index (χ2v) is 5.29. The van der Waals surface area contributed by atoms with Crippen LogP contribution in [0.4, 0.5) is 5.69 Å². The van der Waals surface area contributed by atoms with E-state index in [-0.39, 0.29) is 5.92 Å². The zero-order valence-electron chi connectivity index (χ0n) is 11.4. The van der Waals surface area contributed by atoms with Crippen LogP contribution in [-0.2, 0) is 12.8 Å². The largest absolute Gasteiger partial charge is 0.397 e. The molecule has 0 saturated carbocycles. The van der Waals surface area contributed by atoms with E-state index in [0.717, 1.165) is 24.2 Å². The monoisotopic (exact) mass is 278 g/mol. The first kappa shape index (κ1) is 12.1. The molecule has 0 atom stereocenters. The zero-order chi connectivity index (χ0) is 14.2. The highest BCUT2D eigenvalue weighted by atomic mass is 16.5. The van der Waals surface area contributed by atoms with Crippen molar-refractivity contribution in [2.75, 3.05) is 5.73 Å². The number of hydrogen-bond donors (Lipinski definition) is 1. The van der Waals surface area contributed by atoms with Gasteiger partial charge in [0.2, 0.25) is 0 Å². The molecule has 2 N–H and O–H groups in total. The van der Waals surface area contributed by atoms with Gasteiger partial charge in [0.1, 0.15) is 0 Å². The highest BCUT2D eigenvalue weighted by Crippen LogP contribution is 2.33. The fraction of sp³-hybridized carbons (Fsp3) is 0.188. The molecule has 0 radical (unpaired) electrons. The fourth-order valence-corrected chi connectivity index (χ4v) is 2.85. The first-order valence-electron chi connectivity index (χ1n) is 6.91. The van der Waals surface area contributed by atoms with Crippen LogP contribution in [0.1, 0.15) is 22.9 Å². The smallest absolute Gasteiger partial charge is 0.260 e. The second-order valence-electron chi connectivity index (χ2n) is 5.29. The van der Waals surface area contributed by atoms with Crippen LogP contribution in [0.15, 0.2) is 47.2 Å². The number of hydrogen-bond acceptors (Lipinski definition) is 5. The van der Waals surface area contributed by atoms with E-state index < -0.39 is 0 Å². The average molecular weight is 278 g/mol. The van der Waals surface area contributed by atoms with Crippen LogP contribution >= 0.6 is 0 Å². The van der Waals surface area contributed by atoms with E-state index in [4.69, 9.17) is 10.3 Å². The van der Waals surface area contributed by atoms with Gasteiger partial charge >= 0.3 is 0 Å². The lowest BCUT2D eigenvalue weighted by Gasteiger charge is -2.01. The minimum absolute atomic E-state index is 0.281. The molecule has 0 amide bonds. The van der Waals surface area contributed by atoms with Crippen molar-refractivity contribution < 1.29 is 4.52 Å². The maximum Gasteiger partial charge on any atom is 0.260 e. The van der Waals surface area contributed by atoms with E-state index in [2.05, 4.69) is 39.4 Å². The molecule has 2 aromatic heterocycles. The van der Waals surface area contributed by atoms with Gasteiger partial charge in [-0.05, 0) is 30.0 Å². The zero-order valence-corrected chi connectivity index (χ0v) is 11.4. The molecule has 4 rings (SSSR count). The Hall–Kier alpha value is -2.69.